The van der Waals surface area contributed by atoms with E-state index in [1.54, 1.807) is 0 Å². The van der Waals surface area contributed by atoms with Gasteiger partial charge in [-0.2, -0.15) is 0 Å². The summed E-state index contributed by atoms with van der Waals surface area (Å²) in [5, 5.41) is 3.03. The molecule has 1 nitrogen and oxygen atoms in total. The maximum Gasteiger partial charge on any atom is 0.0519 e. The molecule has 3 heteroatoms. The first kappa shape index (κ1) is 12.7. The first-order valence-corrected chi connectivity index (χ1v) is 7.60. The van der Waals surface area contributed by atoms with Crippen molar-refractivity contribution in [1.82, 2.24) is 0 Å². The number of nitrogens with zero attached hydrogens (tertiary/aromatic N) is 1. The third kappa shape index (κ3) is 3.11. The Balaban J connectivity index is 2.21. The van der Waals surface area contributed by atoms with Crippen LogP contribution in [-0.4, -0.2) is 7.05 Å². The summed E-state index contributed by atoms with van der Waals surface area (Å²) in [6.07, 6.45) is 0. The molecular formula is C14H16BrNS. The lowest BCUT2D eigenvalue weighted by Crippen LogP contribution is -2.17. The van der Waals surface area contributed by atoms with Gasteiger partial charge in [-0.3, -0.25) is 0 Å². The number of alkyl halides is 1. The molecule has 0 aliphatic rings. The third-order valence-corrected chi connectivity index (χ3v) is 4.23. The van der Waals surface area contributed by atoms with Crippen LogP contribution in [0.15, 0.2) is 35.7 Å². The largest absolute Gasteiger partial charge is 0.369 e. The van der Waals surface area contributed by atoms with Crippen molar-refractivity contribution in [3.8, 4) is 0 Å². The lowest BCUT2D eigenvalue weighted by Gasteiger charge is -2.21. The summed E-state index contributed by atoms with van der Waals surface area (Å²) in [6, 6.07) is 10.9. The van der Waals surface area contributed by atoms with E-state index in [1.165, 1.54) is 21.7 Å². The minimum Gasteiger partial charge on any atom is -0.369 e. The number of anilines is 1. The Morgan fingerprint density at radius 2 is 2.12 bits per heavy atom. The summed E-state index contributed by atoms with van der Waals surface area (Å²) in [5.74, 6) is 0. The number of halogens is 1. The van der Waals surface area contributed by atoms with Crippen LogP contribution in [0.2, 0.25) is 0 Å². The van der Waals surface area contributed by atoms with E-state index in [1.807, 2.05) is 11.3 Å². The Hall–Kier alpha value is -0.800. The molecule has 2 rings (SSSR count). The quantitative estimate of drug-likeness (QED) is 0.747. The molecule has 0 atom stereocenters. The van der Waals surface area contributed by atoms with E-state index in [4.69, 9.17) is 0 Å². The fraction of sp³-hybridized carbons (Fsp3) is 0.286. The van der Waals surface area contributed by atoms with Gasteiger partial charge < -0.3 is 4.90 Å². The van der Waals surface area contributed by atoms with Crippen LogP contribution in [-0.2, 0) is 11.9 Å². The van der Waals surface area contributed by atoms with Gasteiger partial charge in [0.15, 0.2) is 0 Å². The molecule has 17 heavy (non-hydrogen) atoms. The molecule has 2 aromatic rings. The summed E-state index contributed by atoms with van der Waals surface area (Å²) in [5.41, 5.74) is 3.97. The number of benzene rings is 1. The van der Waals surface area contributed by atoms with Crippen molar-refractivity contribution in [3.63, 3.8) is 0 Å². The minimum atomic E-state index is 0.902. The molecule has 1 aromatic heterocycles. The van der Waals surface area contributed by atoms with E-state index in [0.29, 0.717) is 0 Å². The van der Waals surface area contributed by atoms with Gasteiger partial charge in [0.1, 0.15) is 0 Å². The molecule has 0 amide bonds. The predicted molar refractivity (Wildman–Crippen MR) is 80.2 cm³/mol. The summed E-state index contributed by atoms with van der Waals surface area (Å²) >= 11 is 5.37. The van der Waals surface area contributed by atoms with Gasteiger partial charge in [0.2, 0.25) is 0 Å². The van der Waals surface area contributed by atoms with Crippen molar-refractivity contribution in [2.45, 2.75) is 18.8 Å². The van der Waals surface area contributed by atoms with E-state index in [-0.39, 0.29) is 0 Å². The predicted octanol–water partition coefficient (Wildman–Crippen LogP) is 4.59. The summed E-state index contributed by atoms with van der Waals surface area (Å²) in [6.45, 7) is 3.11. The molecular weight excluding hydrogens is 294 g/mol. The Labute approximate surface area is 115 Å². The zero-order valence-electron chi connectivity index (χ0n) is 10.1. The van der Waals surface area contributed by atoms with E-state index in [2.05, 4.69) is 70.5 Å². The lowest BCUT2D eigenvalue weighted by molar-refractivity contribution is 0.932. The Morgan fingerprint density at radius 3 is 2.76 bits per heavy atom. The monoisotopic (exact) mass is 309 g/mol. The molecule has 0 fully saturated rings. The average molecular weight is 310 g/mol. The average Bonchev–Trinajstić information content (AvgIpc) is 2.81. The maximum atomic E-state index is 3.56. The van der Waals surface area contributed by atoms with E-state index in [0.717, 1.165) is 11.9 Å². The van der Waals surface area contributed by atoms with Crippen LogP contribution in [0, 0.1) is 6.92 Å². The molecule has 0 bridgehead atoms. The number of rotatable bonds is 4. The molecule has 0 N–H and O–H groups in total. The highest BCUT2D eigenvalue weighted by molar-refractivity contribution is 9.08. The van der Waals surface area contributed by atoms with Gasteiger partial charge in [0.25, 0.3) is 0 Å². The molecule has 0 aliphatic carbocycles. The smallest absolute Gasteiger partial charge is 0.0519 e. The zero-order valence-corrected chi connectivity index (χ0v) is 12.5. The minimum absolute atomic E-state index is 0.902. The second-order valence-corrected chi connectivity index (χ2v) is 5.79. The van der Waals surface area contributed by atoms with Crippen LogP contribution in [0.1, 0.15) is 16.0 Å². The second kappa shape index (κ2) is 5.69. The summed E-state index contributed by atoms with van der Waals surface area (Å²) in [7, 11) is 2.15. The second-order valence-electron chi connectivity index (χ2n) is 4.20. The Kier molecular flexibility index (Phi) is 4.24. The Bertz CT molecular complexity index is 479. The number of hydrogen-bond acceptors (Lipinski definition) is 2. The molecule has 0 aliphatic heterocycles. The number of thiophene rings is 1. The van der Waals surface area contributed by atoms with Crippen LogP contribution in [0.5, 0.6) is 0 Å². The first-order valence-electron chi connectivity index (χ1n) is 5.59. The highest BCUT2D eigenvalue weighted by atomic mass is 79.9. The van der Waals surface area contributed by atoms with Gasteiger partial charge in [-0.25, -0.2) is 0 Å². The molecule has 90 valence electrons. The van der Waals surface area contributed by atoms with Crippen molar-refractivity contribution < 1.29 is 0 Å². The fourth-order valence-electron chi connectivity index (χ4n) is 1.92. The lowest BCUT2D eigenvalue weighted by atomic mass is 10.1. The van der Waals surface area contributed by atoms with E-state index in [9.17, 15) is 0 Å². The SMILES string of the molecule is Cc1ccc(N(C)Cc2cccs2)c(CBr)c1. The molecule has 0 saturated carbocycles. The molecule has 1 heterocycles. The van der Waals surface area contributed by atoms with Crippen LogP contribution in [0.4, 0.5) is 5.69 Å². The Morgan fingerprint density at radius 1 is 1.29 bits per heavy atom. The van der Waals surface area contributed by atoms with Gasteiger partial charge >= 0.3 is 0 Å². The zero-order chi connectivity index (χ0) is 12.3. The van der Waals surface area contributed by atoms with Gasteiger partial charge in [-0.1, -0.05) is 39.7 Å². The topological polar surface area (TPSA) is 3.24 Å². The van der Waals surface area contributed by atoms with Crippen molar-refractivity contribution in [2.75, 3.05) is 11.9 Å². The standard InChI is InChI=1S/C14H16BrNS/c1-11-5-6-14(12(8-11)9-15)16(2)10-13-4-3-7-17-13/h3-8H,9-10H2,1-2H3. The van der Waals surface area contributed by atoms with Crippen molar-refractivity contribution >= 4 is 33.0 Å². The van der Waals surface area contributed by atoms with E-state index < -0.39 is 0 Å². The third-order valence-electron chi connectivity index (χ3n) is 2.76. The van der Waals surface area contributed by atoms with Gasteiger partial charge in [0, 0.05) is 22.9 Å². The highest BCUT2D eigenvalue weighted by Crippen LogP contribution is 2.25. The maximum absolute atomic E-state index is 3.56. The van der Waals surface area contributed by atoms with Crippen molar-refractivity contribution in [2.24, 2.45) is 0 Å². The van der Waals surface area contributed by atoms with E-state index >= 15 is 0 Å². The normalized spacial score (nSPS) is 10.5. The van der Waals surface area contributed by atoms with Gasteiger partial charge in [0.05, 0.1) is 6.54 Å². The number of aryl methyl sites for hydroxylation is 1. The molecule has 0 unspecified atom stereocenters. The molecule has 0 radical (unpaired) electrons. The number of hydrogen-bond donors (Lipinski definition) is 0. The summed E-state index contributed by atoms with van der Waals surface area (Å²) in [4.78, 5) is 3.70. The molecule has 1 aromatic carbocycles. The van der Waals surface area contributed by atoms with Crippen LogP contribution >= 0.6 is 27.3 Å². The summed E-state index contributed by atoms with van der Waals surface area (Å²) < 4.78 is 0. The van der Waals surface area contributed by atoms with Gasteiger partial charge in [-0.15, -0.1) is 11.3 Å². The van der Waals surface area contributed by atoms with Gasteiger partial charge in [-0.05, 0) is 30.0 Å². The first-order chi connectivity index (χ1) is 8.20. The molecule has 0 spiro atoms. The molecule has 0 saturated heterocycles. The van der Waals surface area contributed by atoms with Crippen LogP contribution < -0.4 is 4.90 Å². The van der Waals surface area contributed by atoms with Crippen LogP contribution in [0.25, 0.3) is 0 Å². The fourth-order valence-corrected chi connectivity index (χ4v) is 3.12. The van der Waals surface area contributed by atoms with Crippen LogP contribution in [0.3, 0.4) is 0 Å². The highest BCUT2D eigenvalue weighted by Gasteiger charge is 2.07. The van der Waals surface area contributed by atoms with Crippen molar-refractivity contribution in [3.05, 3.63) is 51.7 Å². The van der Waals surface area contributed by atoms with Crippen molar-refractivity contribution in [1.29, 1.82) is 0 Å².